The number of amides is 2. The van der Waals surface area contributed by atoms with Crippen molar-refractivity contribution >= 4 is 28.8 Å². The van der Waals surface area contributed by atoms with Crippen LogP contribution in [0.25, 0.3) is 0 Å². The second kappa shape index (κ2) is 10.3. The Hall–Kier alpha value is -3.32. The zero-order valence-electron chi connectivity index (χ0n) is 18.9. The summed E-state index contributed by atoms with van der Waals surface area (Å²) >= 11 is 1.36. The third kappa shape index (κ3) is 4.80. The molecule has 3 aromatic rings. The highest BCUT2D eigenvalue weighted by Crippen LogP contribution is 2.38. The first kappa shape index (κ1) is 22.5. The van der Waals surface area contributed by atoms with Gasteiger partial charge in [-0.05, 0) is 42.0 Å². The van der Waals surface area contributed by atoms with Gasteiger partial charge in [0, 0.05) is 17.8 Å². The largest absolute Gasteiger partial charge is 0.486 e. The molecule has 2 amide bonds. The minimum Gasteiger partial charge on any atom is -0.486 e. The number of carbonyl (C=O) groups excluding carboxylic acids is 2. The molecule has 1 aromatic heterocycles. The highest BCUT2D eigenvalue weighted by molar-refractivity contribution is 7.12. The van der Waals surface area contributed by atoms with Gasteiger partial charge in [0.25, 0.3) is 5.91 Å². The number of fused-ring (bicyclic) bond motifs is 1. The second-order valence-corrected chi connectivity index (χ2v) is 9.58. The van der Waals surface area contributed by atoms with Gasteiger partial charge < -0.3 is 14.8 Å². The maximum absolute atomic E-state index is 13.9. The van der Waals surface area contributed by atoms with Crippen molar-refractivity contribution in [3.8, 4) is 11.5 Å². The molecule has 5 rings (SSSR count). The predicted molar refractivity (Wildman–Crippen MR) is 133 cm³/mol. The number of nitrogens with one attached hydrogen (secondary N) is 1. The Morgan fingerprint density at radius 2 is 1.68 bits per heavy atom. The summed E-state index contributed by atoms with van der Waals surface area (Å²) in [7, 11) is 0. The average molecular weight is 477 g/mol. The van der Waals surface area contributed by atoms with E-state index >= 15 is 0 Å². The number of anilines is 1. The van der Waals surface area contributed by atoms with E-state index in [2.05, 4.69) is 5.32 Å². The van der Waals surface area contributed by atoms with Crippen molar-refractivity contribution in [2.75, 3.05) is 18.1 Å². The third-order valence-corrected chi connectivity index (χ3v) is 7.19. The first-order valence-electron chi connectivity index (χ1n) is 11.8. The third-order valence-electron chi connectivity index (χ3n) is 6.33. The standard InChI is InChI=1S/C27H28N2O4S/c30-26(28-20-10-5-2-6-11-20)25(19-8-3-1-4-9-19)29(27(31)24-12-7-17-34-24)21-13-14-22-23(18-21)33-16-15-32-22/h1,3-4,7-9,12-14,17-18,20,25H,2,5-6,10-11,15-16H2,(H,28,30)/t25-/m0/s1. The van der Waals surface area contributed by atoms with Crippen LogP contribution in [-0.2, 0) is 4.79 Å². The summed E-state index contributed by atoms with van der Waals surface area (Å²) < 4.78 is 11.5. The van der Waals surface area contributed by atoms with E-state index in [1.807, 2.05) is 47.8 Å². The van der Waals surface area contributed by atoms with Crippen molar-refractivity contribution in [1.82, 2.24) is 5.32 Å². The maximum Gasteiger partial charge on any atom is 0.269 e. The van der Waals surface area contributed by atoms with Gasteiger partial charge in [-0.3, -0.25) is 14.5 Å². The van der Waals surface area contributed by atoms with E-state index in [0.717, 1.165) is 31.2 Å². The number of rotatable bonds is 6. The summed E-state index contributed by atoms with van der Waals surface area (Å²) in [5.74, 6) is 0.825. The average Bonchev–Trinajstić information content (AvgIpc) is 3.43. The van der Waals surface area contributed by atoms with E-state index in [0.29, 0.717) is 35.3 Å². The van der Waals surface area contributed by atoms with E-state index < -0.39 is 6.04 Å². The number of ether oxygens (including phenoxy) is 2. The van der Waals surface area contributed by atoms with Gasteiger partial charge in [-0.1, -0.05) is 55.7 Å². The Bertz CT molecular complexity index is 1130. The van der Waals surface area contributed by atoms with Crippen LogP contribution in [0.2, 0.25) is 0 Å². The lowest BCUT2D eigenvalue weighted by atomic mass is 9.94. The first-order chi connectivity index (χ1) is 16.7. The van der Waals surface area contributed by atoms with Gasteiger partial charge in [-0.25, -0.2) is 0 Å². The monoisotopic (exact) mass is 476 g/mol. The molecular formula is C27H28N2O4S. The molecule has 34 heavy (non-hydrogen) atoms. The highest BCUT2D eigenvalue weighted by Gasteiger charge is 2.35. The van der Waals surface area contributed by atoms with Crippen molar-refractivity contribution in [1.29, 1.82) is 0 Å². The molecule has 7 heteroatoms. The number of hydrogen-bond donors (Lipinski definition) is 1. The molecule has 1 N–H and O–H groups in total. The summed E-state index contributed by atoms with van der Waals surface area (Å²) in [6.45, 7) is 0.931. The molecule has 2 aliphatic rings. The fourth-order valence-corrected chi connectivity index (χ4v) is 5.32. The number of thiophene rings is 1. The molecule has 1 aliphatic heterocycles. The first-order valence-corrected chi connectivity index (χ1v) is 12.7. The summed E-state index contributed by atoms with van der Waals surface area (Å²) in [5, 5.41) is 5.11. The Kier molecular flexibility index (Phi) is 6.81. The molecule has 2 heterocycles. The van der Waals surface area contributed by atoms with E-state index in [9.17, 15) is 9.59 Å². The summed E-state index contributed by atoms with van der Waals surface area (Å²) in [4.78, 5) is 29.9. The van der Waals surface area contributed by atoms with Crippen LogP contribution in [0.5, 0.6) is 11.5 Å². The lowest BCUT2D eigenvalue weighted by Crippen LogP contribution is -2.47. The van der Waals surface area contributed by atoms with Crippen LogP contribution in [0.3, 0.4) is 0 Å². The van der Waals surface area contributed by atoms with Crippen molar-refractivity contribution < 1.29 is 19.1 Å². The van der Waals surface area contributed by atoms with Crippen molar-refractivity contribution in [2.45, 2.75) is 44.2 Å². The maximum atomic E-state index is 13.9. The minimum absolute atomic E-state index is 0.131. The lowest BCUT2D eigenvalue weighted by Gasteiger charge is -2.33. The molecule has 0 radical (unpaired) electrons. The van der Waals surface area contributed by atoms with Gasteiger partial charge in [0.1, 0.15) is 19.3 Å². The number of carbonyl (C=O) groups is 2. The Morgan fingerprint density at radius 1 is 0.912 bits per heavy atom. The van der Waals surface area contributed by atoms with Crippen LogP contribution in [0.15, 0.2) is 66.0 Å². The number of hydrogen-bond acceptors (Lipinski definition) is 5. The fourth-order valence-electron chi connectivity index (χ4n) is 4.66. The highest BCUT2D eigenvalue weighted by atomic mass is 32.1. The molecule has 0 unspecified atom stereocenters. The molecule has 6 nitrogen and oxygen atoms in total. The zero-order chi connectivity index (χ0) is 23.3. The van der Waals surface area contributed by atoms with Crippen molar-refractivity contribution in [3.63, 3.8) is 0 Å². The second-order valence-electron chi connectivity index (χ2n) is 8.64. The molecule has 0 spiro atoms. The lowest BCUT2D eigenvalue weighted by molar-refractivity contribution is -0.123. The Balaban J connectivity index is 1.58. The van der Waals surface area contributed by atoms with Gasteiger partial charge in [-0.2, -0.15) is 0 Å². The summed E-state index contributed by atoms with van der Waals surface area (Å²) in [6.07, 6.45) is 5.36. The SMILES string of the molecule is O=C(NC1CCCCC1)[C@H](c1ccccc1)N(C(=O)c1cccs1)c1ccc2c(c1)OCCO2. The fraction of sp³-hybridized carbons (Fsp3) is 0.333. The van der Waals surface area contributed by atoms with Crippen molar-refractivity contribution in [3.05, 3.63) is 76.5 Å². The zero-order valence-corrected chi connectivity index (χ0v) is 19.8. The van der Waals surface area contributed by atoms with Crippen LogP contribution in [0, 0.1) is 0 Å². The molecule has 1 aliphatic carbocycles. The number of nitrogens with zero attached hydrogens (tertiary/aromatic N) is 1. The van der Waals surface area contributed by atoms with Gasteiger partial charge in [-0.15, -0.1) is 11.3 Å². The molecule has 1 saturated carbocycles. The van der Waals surface area contributed by atoms with Gasteiger partial charge in [0.05, 0.1) is 4.88 Å². The number of benzene rings is 2. The molecule has 2 aromatic carbocycles. The summed E-state index contributed by atoms with van der Waals surface area (Å²) in [5.41, 5.74) is 1.35. The van der Waals surface area contributed by atoms with Crippen LogP contribution in [-0.4, -0.2) is 31.1 Å². The van der Waals surface area contributed by atoms with Gasteiger partial charge in [0.2, 0.25) is 5.91 Å². The Labute approximate surface area is 203 Å². The molecule has 1 fully saturated rings. The van der Waals surface area contributed by atoms with E-state index in [-0.39, 0.29) is 17.9 Å². The van der Waals surface area contributed by atoms with Crippen LogP contribution >= 0.6 is 11.3 Å². The van der Waals surface area contributed by atoms with Crippen molar-refractivity contribution in [2.24, 2.45) is 0 Å². The quantitative estimate of drug-likeness (QED) is 0.520. The van der Waals surface area contributed by atoms with Gasteiger partial charge >= 0.3 is 0 Å². The normalized spacial score (nSPS) is 16.5. The smallest absolute Gasteiger partial charge is 0.269 e. The van der Waals surface area contributed by atoms with Crippen LogP contribution in [0.4, 0.5) is 5.69 Å². The van der Waals surface area contributed by atoms with Crippen LogP contribution in [0.1, 0.15) is 53.4 Å². The van der Waals surface area contributed by atoms with Gasteiger partial charge in [0.15, 0.2) is 11.5 Å². The molecule has 0 saturated heterocycles. The van der Waals surface area contributed by atoms with E-state index in [1.165, 1.54) is 17.8 Å². The minimum atomic E-state index is -0.819. The molecule has 0 bridgehead atoms. The van der Waals surface area contributed by atoms with E-state index in [1.54, 1.807) is 23.1 Å². The molecule has 1 atom stereocenters. The predicted octanol–water partition coefficient (Wildman–Crippen LogP) is 5.36. The van der Waals surface area contributed by atoms with Crippen LogP contribution < -0.4 is 19.7 Å². The van der Waals surface area contributed by atoms with E-state index in [4.69, 9.17) is 9.47 Å². The topological polar surface area (TPSA) is 67.9 Å². The summed E-state index contributed by atoms with van der Waals surface area (Å²) in [6, 6.07) is 17.9. The molecular weight excluding hydrogens is 448 g/mol. The molecule has 176 valence electrons. The Morgan fingerprint density at radius 3 is 2.41 bits per heavy atom.